The quantitative estimate of drug-likeness (QED) is 0.645. The van der Waals surface area contributed by atoms with Crippen molar-refractivity contribution < 1.29 is 9.53 Å². The van der Waals surface area contributed by atoms with Gasteiger partial charge >= 0.3 is 5.97 Å². The van der Waals surface area contributed by atoms with E-state index in [9.17, 15) is 4.79 Å². The summed E-state index contributed by atoms with van der Waals surface area (Å²) < 4.78 is 7.66. The molecule has 1 saturated carbocycles. The van der Waals surface area contributed by atoms with E-state index in [4.69, 9.17) is 4.74 Å². The Labute approximate surface area is 147 Å². The highest BCUT2D eigenvalue weighted by molar-refractivity contribution is 9.10. The van der Waals surface area contributed by atoms with Crippen LogP contribution in [0, 0.1) is 5.92 Å². The molecule has 0 saturated heterocycles. The molecule has 0 radical (unpaired) electrons. The summed E-state index contributed by atoms with van der Waals surface area (Å²) in [5.41, 5.74) is 3.41. The molecule has 2 aromatic heterocycles. The maximum atomic E-state index is 11.5. The minimum Gasteiger partial charge on any atom is -0.469 e. The highest BCUT2D eigenvalue weighted by atomic mass is 79.9. The molecule has 6 nitrogen and oxygen atoms in total. The van der Waals surface area contributed by atoms with Crippen molar-refractivity contribution in [1.29, 1.82) is 0 Å². The summed E-state index contributed by atoms with van der Waals surface area (Å²) in [4.78, 5) is 20.6. The number of aromatic nitrogens is 4. The van der Waals surface area contributed by atoms with Crippen LogP contribution in [-0.4, -0.2) is 32.8 Å². The van der Waals surface area contributed by atoms with Crippen LogP contribution in [0.25, 0.3) is 22.3 Å². The van der Waals surface area contributed by atoms with E-state index in [1.54, 1.807) is 12.4 Å². The third kappa shape index (κ3) is 2.69. The first-order valence-electron chi connectivity index (χ1n) is 7.68. The summed E-state index contributed by atoms with van der Waals surface area (Å²) in [5.74, 6) is -0.142. The highest BCUT2D eigenvalue weighted by Crippen LogP contribution is 2.38. The van der Waals surface area contributed by atoms with Crippen molar-refractivity contribution in [3.63, 3.8) is 0 Å². The lowest BCUT2D eigenvalue weighted by Crippen LogP contribution is -2.33. The molecule has 1 aliphatic rings. The number of hydrogen-bond donors (Lipinski definition) is 0. The molecule has 0 aliphatic heterocycles. The number of fused-ring (bicyclic) bond motifs is 1. The molecule has 2 heterocycles. The second kappa shape index (κ2) is 5.98. The normalized spacial score (nSPS) is 19.9. The van der Waals surface area contributed by atoms with Gasteiger partial charge in [-0.1, -0.05) is 15.9 Å². The lowest BCUT2D eigenvalue weighted by atomic mass is 9.80. The standard InChI is InChI=1S/C17H15BrN4O2/c1-24-17(23)10-4-13(5-10)22-9-11(7-20-22)16-8-19-15-6-12(18)2-3-14(15)21-16/h2-3,6-10,13H,4-5H2,1H3. The Balaban J connectivity index is 1.55. The van der Waals surface area contributed by atoms with Crippen molar-refractivity contribution in [3.8, 4) is 11.3 Å². The van der Waals surface area contributed by atoms with Crippen LogP contribution in [0.2, 0.25) is 0 Å². The second-order valence-corrected chi connectivity index (χ2v) is 6.86. The summed E-state index contributed by atoms with van der Waals surface area (Å²) in [6.45, 7) is 0. The zero-order valence-corrected chi connectivity index (χ0v) is 14.6. The molecule has 0 N–H and O–H groups in total. The number of benzene rings is 1. The molecule has 24 heavy (non-hydrogen) atoms. The fraction of sp³-hybridized carbons (Fsp3) is 0.294. The van der Waals surface area contributed by atoms with Crippen LogP contribution in [0.1, 0.15) is 18.9 Å². The van der Waals surface area contributed by atoms with Gasteiger partial charge in [-0.2, -0.15) is 5.10 Å². The van der Waals surface area contributed by atoms with Gasteiger partial charge in [-0.15, -0.1) is 0 Å². The van der Waals surface area contributed by atoms with E-state index in [0.717, 1.165) is 39.6 Å². The fourth-order valence-corrected chi connectivity index (χ4v) is 3.30. The van der Waals surface area contributed by atoms with Crippen LogP contribution in [0.15, 0.2) is 41.3 Å². The first-order chi connectivity index (χ1) is 11.6. The summed E-state index contributed by atoms with van der Waals surface area (Å²) >= 11 is 3.44. The Kier molecular flexibility index (Phi) is 3.80. The number of rotatable bonds is 3. The number of ether oxygens (including phenoxy) is 1. The molecule has 7 heteroatoms. The molecular weight excluding hydrogens is 372 g/mol. The van der Waals surface area contributed by atoms with E-state index in [0.29, 0.717) is 0 Å². The average molecular weight is 387 g/mol. The SMILES string of the molecule is COC(=O)C1CC(n2cc(-c3cnc4cc(Br)ccc4n3)cn2)C1. The van der Waals surface area contributed by atoms with Crippen LogP contribution >= 0.6 is 15.9 Å². The Morgan fingerprint density at radius 1 is 1.29 bits per heavy atom. The van der Waals surface area contributed by atoms with Crippen molar-refractivity contribution in [1.82, 2.24) is 19.7 Å². The molecule has 0 bridgehead atoms. The predicted octanol–water partition coefficient (Wildman–Crippen LogP) is 3.38. The number of nitrogens with zero attached hydrogens (tertiary/aromatic N) is 4. The molecule has 3 aromatic rings. The summed E-state index contributed by atoms with van der Waals surface area (Å²) in [7, 11) is 1.43. The van der Waals surface area contributed by atoms with Crippen LogP contribution in [0.4, 0.5) is 0 Å². The lowest BCUT2D eigenvalue weighted by molar-refractivity contribution is -0.149. The Morgan fingerprint density at radius 2 is 2.12 bits per heavy atom. The first-order valence-corrected chi connectivity index (χ1v) is 8.48. The topological polar surface area (TPSA) is 69.9 Å². The molecule has 4 rings (SSSR count). The molecule has 1 aliphatic carbocycles. The number of esters is 1. The maximum Gasteiger partial charge on any atom is 0.308 e. The first kappa shape index (κ1) is 15.3. The van der Waals surface area contributed by atoms with Gasteiger partial charge in [0.05, 0.1) is 48.2 Å². The third-order valence-electron chi connectivity index (χ3n) is 4.42. The van der Waals surface area contributed by atoms with Gasteiger partial charge in [0, 0.05) is 16.2 Å². The summed E-state index contributed by atoms with van der Waals surface area (Å²) in [5, 5.41) is 4.42. The zero-order chi connectivity index (χ0) is 16.7. The molecule has 0 unspecified atom stereocenters. The second-order valence-electron chi connectivity index (χ2n) is 5.94. The summed E-state index contributed by atoms with van der Waals surface area (Å²) in [6.07, 6.45) is 7.05. The molecule has 1 fully saturated rings. The van der Waals surface area contributed by atoms with Gasteiger partial charge in [0.2, 0.25) is 0 Å². The van der Waals surface area contributed by atoms with E-state index in [1.165, 1.54) is 7.11 Å². The van der Waals surface area contributed by atoms with Crippen molar-refractivity contribution in [2.45, 2.75) is 18.9 Å². The number of carbonyl (C=O) groups is 1. The third-order valence-corrected chi connectivity index (χ3v) is 4.92. The Hall–Kier alpha value is -2.28. The van der Waals surface area contributed by atoms with E-state index in [-0.39, 0.29) is 17.9 Å². The minimum absolute atomic E-state index is 0.00782. The zero-order valence-electron chi connectivity index (χ0n) is 13.0. The number of carbonyl (C=O) groups excluding carboxylic acids is 1. The average Bonchev–Trinajstić information content (AvgIpc) is 3.02. The predicted molar refractivity (Wildman–Crippen MR) is 92.2 cm³/mol. The molecule has 122 valence electrons. The van der Waals surface area contributed by atoms with Crippen molar-refractivity contribution >= 4 is 32.9 Å². The largest absolute Gasteiger partial charge is 0.469 e. The lowest BCUT2D eigenvalue weighted by Gasteiger charge is -2.33. The Morgan fingerprint density at radius 3 is 2.92 bits per heavy atom. The molecular formula is C17H15BrN4O2. The number of halogens is 1. The molecule has 0 amide bonds. The van der Waals surface area contributed by atoms with Crippen LogP contribution in [0.5, 0.6) is 0 Å². The van der Waals surface area contributed by atoms with Crippen LogP contribution in [0.3, 0.4) is 0 Å². The van der Waals surface area contributed by atoms with Gasteiger partial charge < -0.3 is 4.74 Å². The van der Waals surface area contributed by atoms with E-state index in [1.807, 2.05) is 29.1 Å². The molecule has 1 aromatic carbocycles. The van der Waals surface area contributed by atoms with Gasteiger partial charge in [0.1, 0.15) is 0 Å². The van der Waals surface area contributed by atoms with Crippen LogP contribution < -0.4 is 0 Å². The van der Waals surface area contributed by atoms with Gasteiger partial charge in [-0.05, 0) is 31.0 Å². The highest BCUT2D eigenvalue weighted by Gasteiger charge is 2.36. The number of hydrogen-bond acceptors (Lipinski definition) is 5. The van der Waals surface area contributed by atoms with Gasteiger partial charge in [-0.25, -0.2) is 4.98 Å². The fourth-order valence-electron chi connectivity index (χ4n) is 2.96. The Bertz CT molecular complexity index is 918. The van der Waals surface area contributed by atoms with E-state index < -0.39 is 0 Å². The minimum atomic E-state index is -0.134. The van der Waals surface area contributed by atoms with Crippen molar-refractivity contribution in [2.75, 3.05) is 7.11 Å². The van der Waals surface area contributed by atoms with E-state index >= 15 is 0 Å². The van der Waals surface area contributed by atoms with Crippen molar-refractivity contribution in [3.05, 3.63) is 41.3 Å². The van der Waals surface area contributed by atoms with E-state index in [2.05, 4.69) is 31.0 Å². The summed E-state index contributed by atoms with van der Waals surface area (Å²) in [6, 6.07) is 6.07. The van der Waals surface area contributed by atoms with Gasteiger partial charge in [-0.3, -0.25) is 14.5 Å². The van der Waals surface area contributed by atoms with Crippen molar-refractivity contribution in [2.24, 2.45) is 5.92 Å². The maximum absolute atomic E-state index is 11.5. The van der Waals surface area contributed by atoms with Gasteiger partial charge in [0.25, 0.3) is 0 Å². The van der Waals surface area contributed by atoms with Gasteiger partial charge in [0.15, 0.2) is 0 Å². The van der Waals surface area contributed by atoms with Crippen LogP contribution in [-0.2, 0) is 9.53 Å². The smallest absolute Gasteiger partial charge is 0.308 e. The molecule has 0 atom stereocenters. The number of methoxy groups -OCH3 is 1. The molecule has 0 spiro atoms. The monoisotopic (exact) mass is 386 g/mol.